The fraction of sp³-hybridized carbons (Fsp3) is 0.211. The number of carbonyl (C=O) groups excluding carboxylic acids is 1. The van der Waals surface area contributed by atoms with Gasteiger partial charge in [0.2, 0.25) is 0 Å². The molecule has 3 aromatic rings. The smallest absolute Gasteiger partial charge is 0.317 e. The Morgan fingerprint density at radius 2 is 2.00 bits per heavy atom. The molecule has 0 saturated carbocycles. The van der Waals surface area contributed by atoms with Crippen molar-refractivity contribution >= 4 is 6.03 Å². The number of carbonyl (C=O) groups is 1. The third-order valence-corrected chi connectivity index (χ3v) is 4.53. The molecule has 7 heteroatoms. The lowest BCUT2D eigenvalue weighted by Gasteiger charge is -2.46. The van der Waals surface area contributed by atoms with Crippen molar-refractivity contribution in [2.75, 3.05) is 13.1 Å². The summed E-state index contributed by atoms with van der Waals surface area (Å²) in [6, 6.07) is 13.0. The van der Waals surface area contributed by atoms with Crippen LogP contribution in [0.4, 0.5) is 4.79 Å². The van der Waals surface area contributed by atoms with Crippen molar-refractivity contribution in [2.45, 2.75) is 12.1 Å². The zero-order valence-electron chi connectivity index (χ0n) is 14.1. The SMILES string of the molecule is O=C(NCc1ccc(-n2ccnc2)nc1)N1CC(O)(c2ccccc2)C1. The van der Waals surface area contributed by atoms with Crippen LogP contribution >= 0.6 is 0 Å². The van der Waals surface area contributed by atoms with Gasteiger partial charge in [-0.2, -0.15) is 0 Å². The quantitative estimate of drug-likeness (QED) is 0.751. The average molecular weight is 349 g/mol. The molecule has 0 radical (unpaired) electrons. The first-order chi connectivity index (χ1) is 12.6. The van der Waals surface area contributed by atoms with E-state index < -0.39 is 5.60 Å². The average Bonchev–Trinajstić information content (AvgIpc) is 3.19. The number of benzene rings is 1. The van der Waals surface area contributed by atoms with Crippen molar-refractivity contribution in [2.24, 2.45) is 0 Å². The first-order valence-corrected chi connectivity index (χ1v) is 8.38. The molecular weight excluding hydrogens is 330 g/mol. The predicted molar refractivity (Wildman–Crippen MR) is 95.5 cm³/mol. The maximum absolute atomic E-state index is 12.2. The Kier molecular flexibility index (Phi) is 4.14. The van der Waals surface area contributed by atoms with Gasteiger partial charge in [0, 0.05) is 25.1 Å². The van der Waals surface area contributed by atoms with Crippen LogP contribution in [0.2, 0.25) is 0 Å². The molecule has 0 spiro atoms. The number of likely N-dealkylation sites (tertiary alicyclic amines) is 1. The summed E-state index contributed by atoms with van der Waals surface area (Å²) in [5.74, 6) is 0.772. The van der Waals surface area contributed by atoms with Crippen LogP contribution in [-0.2, 0) is 12.1 Å². The van der Waals surface area contributed by atoms with Crippen molar-refractivity contribution in [3.8, 4) is 5.82 Å². The highest BCUT2D eigenvalue weighted by Gasteiger charge is 2.44. The Bertz CT molecular complexity index is 872. The maximum atomic E-state index is 12.2. The van der Waals surface area contributed by atoms with E-state index >= 15 is 0 Å². The van der Waals surface area contributed by atoms with Gasteiger partial charge in [0.05, 0.1) is 13.1 Å². The van der Waals surface area contributed by atoms with Crippen LogP contribution in [0.3, 0.4) is 0 Å². The molecule has 2 amide bonds. The molecule has 1 saturated heterocycles. The molecule has 0 atom stereocenters. The fourth-order valence-electron chi connectivity index (χ4n) is 3.02. The van der Waals surface area contributed by atoms with Gasteiger partial charge < -0.3 is 15.3 Å². The number of nitrogens with one attached hydrogen (secondary N) is 1. The number of β-amino-alcohol motifs (C(OH)–C–C–N with tert-alkyl or cyclic N) is 1. The molecule has 0 unspecified atom stereocenters. The van der Waals surface area contributed by atoms with Crippen molar-refractivity contribution in [3.63, 3.8) is 0 Å². The Balaban J connectivity index is 1.30. The molecule has 26 heavy (non-hydrogen) atoms. The van der Waals surface area contributed by atoms with E-state index in [1.165, 1.54) is 0 Å². The lowest BCUT2D eigenvalue weighted by molar-refractivity contribution is -0.0816. The molecule has 2 aromatic heterocycles. The standard InChI is InChI=1S/C19H19N5O2/c25-18(24-12-19(26,13-24)16-4-2-1-3-5-16)22-11-15-6-7-17(21-10-15)23-9-8-20-14-23/h1-10,14,26H,11-13H2,(H,22,25). The second-order valence-corrected chi connectivity index (χ2v) is 6.41. The lowest BCUT2D eigenvalue weighted by Crippen LogP contribution is -2.63. The van der Waals surface area contributed by atoms with Crippen molar-refractivity contribution in [1.82, 2.24) is 24.8 Å². The Hall–Kier alpha value is -3.19. The maximum Gasteiger partial charge on any atom is 0.317 e. The van der Waals surface area contributed by atoms with Crippen molar-refractivity contribution in [1.29, 1.82) is 0 Å². The molecule has 3 heterocycles. The van der Waals surface area contributed by atoms with Crippen LogP contribution in [0.5, 0.6) is 0 Å². The minimum atomic E-state index is -0.952. The molecule has 132 valence electrons. The van der Waals surface area contributed by atoms with E-state index in [0.717, 1.165) is 16.9 Å². The molecule has 4 rings (SSSR count). The van der Waals surface area contributed by atoms with Gasteiger partial charge in [-0.1, -0.05) is 36.4 Å². The van der Waals surface area contributed by atoms with Gasteiger partial charge in [-0.15, -0.1) is 0 Å². The summed E-state index contributed by atoms with van der Waals surface area (Å²) in [6.07, 6.45) is 6.93. The summed E-state index contributed by atoms with van der Waals surface area (Å²) in [6.45, 7) is 0.970. The Morgan fingerprint density at radius 1 is 1.19 bits per heavy atom. The van der Waals surface area contributed by atoms with Gasteiger partial charge in [-0.25, -0.2) is 14.8 Å². The summed E-state index contributed by atoms with van der Waals surface area (Å²) in [4.78, 5) is 22.2. The largest absolute Gasteiger partial charge is 0.381 e. The number of nitrogens with zero attached hydrogens (tertiary/aromatic N) is 4. The lowest BCUT2D eigenvalue weighted by atomic mass is 9.86. The van der Waals surface area contributed by atoms with Gasteiger partial charge in [-0.05, 0) is 17.2 Å². The molecule has 1 aliphatic rings. The Labute approximate surface area is 150 Å². The van der Waals surface area contributed by atoms with E-state index in [9.17, 15) is 9.90 Å². The van der Waals surface area contributed by atoms with Gasteiger partial charge in [0.15, 0.2) is 0 Å². The molecule has 1 aromatic carbocycles. The normalized spacial score (nSPS) is 15.3. The van der Waals surface area contributed by atoms with E-state index in [1.54, 1.807) is 23.6 Å². The number of imidazole rings is 1. The van der Waals surface area contributed by atoms with Gasteiger partial charge in [0.25, 0.3) is 0 Å². The molecule has 1 aliphatic heterocycles. The first kappa shape index (κ1) is 16.3. The van der Waals surface area contributed by atoms with E-state index in [2.05, 4.69) is 15.3 Å². The summed E-state index contributed by atoms with van der Waals surface area (Å²) in [5.41, 5.74) is 0.788. The van der Waals surface area contributed by atoms with Gasteiger partial charge in [0.1, 0.15) is 17.7 Å². The number of aliphatic hydroxyl groups is 1. The summed E-state index contributed by atoms with van der Waals surface area (Å²) in [7, 11) is 0. The van der Waals surface area contributed by atoms with Crippen molar-refractivity contribution < 1.29 is 9.90 Å². The summed E-state index contributed by atoms with van der Waals surface area (Å²) >= 11 is 0. The molecular formula is C19H19N5O2. The van der Waals surface area contributed by atoms with Crippen LogP contribution in [0.25, 0.3) is 5.82 Å². The fourth-order valence-corrected chi connectivity index (χ4v) is 3.02. The molecule has 2 N–H and O–H groups in total. The predicted octanol–water partition coefficient (Wildman–Crippen LogP) is 1.68. The Morgan fingerprint density at radius 3 is 2.65 bits per heavy atom. The van der Waals surface area contributed by atoms with Crippen LogP contribution in [0.15, 0.2) is 67.4 Å². The van der Waals surface area contributed by atoms with Crippen LogP contribution in [0, 0.1) is 0 Å². The highest BCUT2D eigenvalue weighted by atomic mass is 16.3. The number of urea groups is 1. The van der Waals surface area contributed by atoms with Crippen molar-refractivity contribution in [3.05, 3.63) is 78.5 Å². The zero-order chi connectivity index (χ0) is 18.0. The van der Waals surface area contributed by atoms with Crippen LogP contribution in [0.1, 0.15) is 11.1 Å². The monoisotopic (exact) mass is 349 g/mol. The number of pyridine rings is 1. The second-order valence-electron chi connectivity index (χ2n) is 6.41. The van der Waals surface area contributed by atoms with Gasteiger partial charge >= 0.3 is 6.03 Å². The van der Waals surface area contributed by atoms with E-state index in [4.69, 9.17) is 0 Å². The molecule has 1 fully saturated rings. The minimum Gasteiger partial charge on any atom is -0.381 e. The number of hydrogen-bond acceptors (Lipinski definition) is 4. The zero-order valence-corrected chi connectivity index (χ0v) is 14.1. The second kappa shape index (κ2) is 6.61. The minimum absolute atomic E-state index is 0.190. The van der Waals surface area contributed by atoms with Crippen LogP contribution < -0.4 is 5.32 Å². The number of aromatic nitrogens is 3. The van der Waals surface area contributed by atoms with Crippen LogP contribution in [-0.4, -0.2) is 43.7 Å². The van der Waals surface area contributed by atoms with E-state index in [0.29, 0.717) is 19.6 Å². The number of amides is 2. The van der Waals surface area contributed by atoms with E-state index in [1.807, 2.05) is 53.2 Å². The first-order valence-electron chi connectivity index (χ1n) is 8.38. The van der Waals surface area contributed by atoms with E-state index in [-0.39, 0.29) is 6.03 Å². The highest BCUT2D eigenvalue weighted by molar-refractivity contribution is 5.75. The molecule has 0 bridgehead atoms. The number of rotatable bonds is 4. The third kappa shape index (κ3) is 3.16. The molecule has 0 aliphatic carbocycles. The topological polar surface area (TPSA) is 83.3 Å². The molecule has 7 nitrogen and oxygen atoms in total. The summed E-state index contributed by atoms with van der Waals surface area (Å²) < 4.78 is 1.81. The highest BCUT2D eigenvalue weighted by Crippen LogP contribution is 2.31. The number of hydrogen-bond donors (Lipinski definition) is 2. The van der Waals surface area contributed by atoms with Gasteiger partial charge in [-0.3, -0.25) is 4.57 Å². The third-order valence-electron chi connectivity index (χ3n) is 4.53. The summed E-state index contributed by atoms with van der Waals surface area (Å²) in [5, 5.41) is 13.4.